The number of carbonyl (C=O) groups excluding carboxylic acids is 2. The molecule has 1 aliphatic heterocycles. The van der Waals surface area contributed by atoms with E-state index in [-0.39, 0.29) is 18.0 Å². The highest BCUT2D eigenvalue weighted by molar-refractivity contribution is 8.01. The lowest BCUT2D eigenvalue weighted by Gasteiger charge is -2.24. The molecule has 0 saturated heterocycles. The molecule has 2 rings (SSSR count). The Morgan fingerprint density at radius 2 is 2.08 bits per heavy atom. The first-order valence-corrected chi connectivity index (χ1v) is 8.50. The van der Waals surface area contributed by atoms with Crippen LogP contribution >= 0.6 is 11.8 Å². The molecule has 1 aliphatic rings. The Kier molecular flexibility index (Phi) is 5.79. The van der Waals surface area contributed by atoms with E-state index in [1.165, 1.54) is 6.07 Å². The highest BCUT2D eigenvalue weighted by atomic mass is 32.2. The predicted octanol–water partition coefficient (Wildman–Crippen LogP) is 3.67. The van der Waals surface area contributed by atoms with Crippen molar-refractivity contribution in [1.29, 1.82) is 0 Å². The maximum Gasteiger partial charge on any atom is 0.416 e. The molecule has 132 valence electrons. The number of thioether (sulfide) groups is 1. The molecule has 2 N–H and O–H groups in total. The van der Waals surface area contributed by atoms with Crippen molar-refractivity contribution in [3.63, 3.8) is 0 Å². The van der Waals surface area contributed by atoms with E-state index in [1.807, 2.05) is 13.8 Å². The third-order valence-electron chi connectivity index (χ3n) is 3.54. The van der Waals surface area contributed by atoms with Crippen molar-refractivity contribution in [2.75, 3.05) is 11.9 Å². The molecule has 1 heterocycles. The Labute approximate surface area is 142 Å². The number of benzene rings is 1. The minimum absolute atomic E-state index is 0.00490. The number of fused-ring (bicyclic) bond motifs is 1. The van der Waals surface area contributed by atoms with Gasteiger partial charge in [-0.05, 0) is 30.5 Å². The Hall–Kier alpha value is -1.70. The van der Waals surface area contributed by atoms with Gasteiger partial charge in [0, 0.05) is 17.9 Å². The predicted molar refractivity (Wildman–Crippen MR) is 86.8 cm³/mol. The van der Waals surface area contributed by atoms with Gasteiger partial charge in [0.05, 0.1) is 16.5 Å². The van der Waals surface area contributed by atoms with Crippen LogP contribution in [0.25, 0.3) is 0 Å². The summed E-state index contributed by atoms with van der Waals surface area (Å²) in [5.41, 5.74) is -0.677. The summed E-state index contributed by atoms with van der Waals surface area (Å²) in [7, 11) is 0. The minimum Gasteiger partial charge on any atom is -0.356 e. The fourth-order valence-electron chi connectivity index (χ4n) is 2.20. The van der Waals surface area contributed by atoms with E-state index < -0.39 is 22.9 Å². The normalized spacial score (nSPS) is 17.4. The zero-order chi connectivity index (χ0) is 17.9. The molecule has 0 saturated carbocycles. The van der Waals surface area contributed by atoms with Crippen LogP contribution in [0.3, 0.4) is 0 Å². The number of halogens is 3. The highest BCUT2D eigenvalue weighted by Crippen LogP contribution is 2.40. The van der Waals surface area contributed by atoms with E-state index in [4.69, 9.17) is 0 Å². The summed E-state index contributed by atoms with van der Waals surface area (Å²) in [4.78, 5) is 24.5. The molecule has 0 spiro atoms. The minimum atomic E-state index is -4.46. The molecule has 8 heteroatoms. The second-order valence-corrected chi connectivity index (χ2v) is 7.29. The maximum absolute atomic E-state index is 12.7. The molecule has 0 bridgehead atoms. The molecule has 0 radical (unpaired) electrons. The monoisotopic (exact) mass is 360 g/mol. The van der Waals surface area contributed by atoms with Crippen LogP contribution < -0.4 is 10.6 Å². The van der Waals surface area contributed by atoms with Crippen molar-refractivity contribution in [1.82, 2.24) is 5.32 Å². The molecule has 0 aromatic heterocycles. The first-order chi connectivity index (χ1) is 11.2. The van der Waals surface area contributed by atoms with E-state index in [1.54, 1.807) is 0 Å². The van der Waals surface area contributed by atoms with E-state index >= 15 is 0 Å². The number of hydrogen-bond acceptors (Lipinski definition) is 3. The van der Waals surface area contributed by atoms with Crippen LogP contribution in [0.4, 0.5) is 18.9 Å². The quantitative estimate of drug-likeness (QED) is 0.842. The van der Waals surface area contributed by atoms with Gasteiger partial charge in [-0.15, -0.1) is 11.8 Å². The van der Waals surface area contributed by atoms with Crippen molar-refractivity contribution in [2.45, 2.75) is 43.0 Å². The van der Waals surface area contributed by atoms with Crippen LogP contribution in [0.15, 0.2) is 23.1 Å². The Morgan fingerprint density at radius 3 is 2.71 bits per heavy atom. The molecular weight excluding hydrogens is 341 g/mol. The molecule has 0 fully saturated rings. The Morgan fingerprint density at radius 1 is 1.38 bits per heavy atom. The maximum atomic E-state index is 12.7. The fraction of sp³-hybridized carbons (Fsp3) is 0.500. The molecule has 1 aromatic rings. The standard InChI is InChI=1S/C16H19F3N2O2S/c1-9(2)5-6-20-14(22)8-13-15(23)21-11-7-10(16(17,18)19)3-4-12(11)24-13/h3-4,7,9,13H,5-6,8H2,1-2H3,(H,20,22)(H,21,23). The third-order valence-corrected chi connectivity index (χ3v) is 4.82. The smallest absolute Gasteiger partial charge is 0.356 e. The first kappa shape index (κ1) is 18.6. The fourth-order valence-corrected chi connectivity index (χ4v) is 3.29. The van der Waals surface area contributed by atoms with E-state index in [2.05, 4.69) is 10.6 Å². The van der Waals surface area contributed by atoms with Gasteiger partial charge in [0.15, 0.2) is 0 Å². The topological polar surface area (TPSA) is 58.2 Å². The third kappa shape index (κ3) is 4.90. The van der Waals surface area contributed by atoms with Gasteiger partial charge in [-0.2, -0.15) is 13.2 Å². The van der Waals surface area contributed by atoms with Gasteiger partial charge in [-0.25, -0.2) is 0 Å². The van der Waals surface area contributed by atoms with E-state index in [0.717, 1.165) is 30.3 Å². The highest BCUT2D eigenvalue weighted by Gasteiger charge is 2.34. The van der Waals surface area contributed by atoms with Gasteiger partial charge >= 0.3 is 6.18 Å². The largest absolute Gasteiger partial charge is 0.416 e. The summed E-state index contributed by atoms with van der Waals surface area (Å²) in [6.45, 7) is 4.63. The second-order valence-electron chi connectivity index (χ2n) is 6.04. The van der Waals surface area contributed by atoms with Crippen molar-refractivity contribution >= 4 is 29.3 Å². The van der Waals surface area contributed by atoms with Gasteiger partial charge < -0.3 is 10.6 Å². The molecular formula is C16H19F3N2O2S. The average Bonchev–Trinajstić information content (AvgIpc) is 2.46. The molecule has 24 heavy (non-hydrogen) atoms. The van der Waals surface area contributed by atoms with Crippen molar-refractivity contribution < 1.29 is 22.8 Å². The molecule has 2 amide bonds. The first-order valence-electron chi connectivity index (χ1n) is 7.62. The summed E-state index contributed by atoms with van der Waals surface area (Å²) in [5, 5.41) is 4.57. The number of hydrogen-bond donors (Lipinski definition) is 2. The second kappa shape index (κ2) is 7.46. The van der Waals surface area contributed by atoms with Crippen molar-refractivity contribution in [2.24, 2.45) is 5.92 Å². The molecule has 4 nitrogen and oxygen atoms in total. The lowest BCUT2D eigenvalue weighted by molar-refractivity contribution is -0.137. The lowest BCUT2D eigenvalue weighted by Crippen LogP contribution is -2.35. The zero-order valence-corrected chi connectivity index (χ0v) is 14.2. The molecule has 1 aromatic carbocycles. The van der Waals surface area contributed by atoms with Gasteiger partial charge in [0.1, 0.15) is 0 Å². The lowest BCUT2D eigenvalue weighted by atomic mass is 10.1. The Bertz CT molecular complexity index is 632. The molecule has 1 atom stereocenters. The average molecular weight is 360 g/mol. The van der Waals surface area contributed by atoms with Crippen LogP contribution in [0.2, 0.25) is 0 Å². The van der Waals surface area contributed by atoms with Crippen LogP contribution in [-0.2, 0) is 15.8 Å². The number of carbonyl (C=O) groups is 2. The van der Waals surface area contributed by atoms with Gasteiger partial charge in [0.25, 0.3) is 0 Å². The molecule has 1 unspecified atom stereocenters. The summed E-state index contributed by atoms with van der Waals surface area (Å²) >= 11 is 1.11. The van der Waals surface area contributed by atoms with Crippen LogP contribution in [0.5, 0.6) is 0 Å². The zero-order valence-electron chi connectivity index (χ0n) is 13.4. The summed E-state index contributed by atoms with van der Waals surface area (Å²) in [5.74, 6) is -0.225. The summed E-state index contributed by atoms with van der Waals surface area (Å²) < 4.78 is 38.1. The summed E-state index contributed by atoms with van der Waals surface area (Å²) in [6.07, 6.45) is -3.62. The van der Waals surface area contributed by atoms with Crippen molar-refractivity contribution in [3.05, 3.63) is 23.8 Å². The van der Waals surface area contributed by atoms with E-state index in [9.17, 15) is 22.8 Å². The summed E-state index contributed by atoms with van der Waals surface area (Å²) in [6, 6.07) is 3.22. The SMILES string of the molecule is CC(C)CCNC(=O)CC1Sc2ccc(C(F)(F)F)cc2NC1=O. The van der Waals surface area contributed by atoms with Crippen LogP contribution in [-0.4, -0.2) is 23.6 Å². The van der Waals surface area contributed by atoms with Gasteiger partial charge in [-0.1, -0.05) is 13.8 Å². The van der Waals surface area contributed by atoms with Gasteiger partial charge in [0.2, 0.25) is 11.8 Å². The Balaban J connectivity index is 1.99. The van der Waals surface area contributed by atoms with Crippen molar-refractivity contribution in [3.8, 4) is 0 Å². The number of rotatable bonds is 5. The van der Waals surface area contributed by atoms with Crippen LogP contribution in [0, 0.1) is 5.92 Å². The number of alkyl halides is 3. The number of amides is 2. The van der Waals surface area contributed by atoms with E-state index in [0.29, 0.717) is 17.4 Å². The number of nitrogens with one attached hydrogen (secondary N) is 2. The molecule has 0 aliphatic carbocycles. The van der Waals surface area contributed by atoms with Gasteiger partial charge in [-0.3, -0.25) is 9.59 Å². The van der Waals surface area contributed by atoms with Crippen LogP contribution in [0.1, 0.15) is 32.3 Å². The number of anilines is 1.